The summed E-state index contributed by atoms with van der Waals surface area (Å²) in [6.07, 6.45) is 1.60. The number of carbonyl (C=O) groups is 2. The lowest BCUT2D eigenvalue weighted by Crippen LogP contribution is -2.44. The Hall–Kier alpha value is -3.16. The molecule has 0 unspecified atom stereocenters. The number of carboxylic acids is 1. The fourth-order valence-corrected chi connectivity index (χ4v) is 3.34. The predicted molar refractivity (Wildman–Crippen MR) is 109 cm³/mol. The van der Waals surface area contributed by atoms with Gasteiger partial charge in [-0.15, -0.1) is 0 Å². The first-order valence-corrected chi connectivity index (χ1v) is 9.59. The molecular weight excluding hydrogens is 372 g/mol. The highest BCUT2D eigenvalue weighted by Gasteiger charge is 2.26. The van der Waals surface area contributed by atoms with Crippen LogP contribution in [0.2, 0.25) is 0 Å². The van der Waals surface area contributed by atoms with Gasteiger partial charge in [0, 0.05) is 11.6 Å². The number of hydrogen-bond donors (Lipinski definition) is 2. The van der Waals surface area contributed by atoms with Crippen molar-refractivity contribution in [3.63, 3.8) is 0 Å². The zero-order chi connectivity index (χ0) is 21.5. The highest BCUT2D eigenvalue weighted by molar-refractivity contribution is 6.07. The molecule has 0 aromatic carbocycles. The van der Waals surface area contributed by atoms with Crippen LogP contribution in [0, 0.1) is 19.8 Å². The fraction of sp³-hybridized carbons (Fsp3) is 0.429. The number of carbonyl (C=O) groups excluding carboxylic acids is 1. The number of hydrogen-bond acceptors (Lipinski definition) is 5. The van der Waals surface area contributed by atoms with Crippen LogP contribution < -0.4 is 5.32 Å². The van der Waals surface area contributed by atoms with E-state index in [1.165, 1.54) is 0 Å². The molecule has 0 saturated heterocycles. The van der Waals surface area contributed by atoms with Crippen LogP contribution in [0.15, 0.2) is 22.7 Å². The van der Waals surface area contributed by atoms with Crippen molar-refractivity contribution in [1.29, 1.82) is 0 Å². The Morgan fingerprint density at radius 2 is 1.86 bits per heavy atom. The molecule has 0 bridgehead atoms. The van der Waals surface area contributed by atoms with E-state index in [1.54, 1.807) is 30.8 Å². The second kappa shape index (κ2) is 7.69. The number of fused-ring (bicyclic) bond motifs is 1. The van der Waals surface area contributed by atoms with Gasteiger partial charge in [0.15, 0.2) is 5.65 Å². The van der Waals surface area contributed by atoms with E-state index >= 15 is 0 Å². The molecule has 154 valence electrons. The summed E-state index contributed by atoms with van der Waals surface area (Å²) in [6, 6.07) is 2.59. The number of pyridine rings is 1. The Labute approximate surface area is 168 Å². The first-order valence-electron chi connectivity index (χ1n) is 9.59. The normalized spacial score (nSPS) is 12.7. The molecule has 0 aliphatic heterocycles. The summed E-state index contributed by atoms with van der Waals surface area (Å²) in [5.74, 6) is -0.361. The van der Waals surface area contributed by atoms with Gasteiger partial charge < -0.3 is 14.8 Å². The molecule has 0 aliphatic carbocycles. The van der Waals surface area contributed by atoms with Gasteiger partial charge in [-0.2, -0.15) is 5.10 Å². The number of aryl methyl sites for hydroxylation is 2. The highest BCUT2D eigenvalue weighted by Crippen LogP contribution is 2.30. The summed E-state index contributed by atoms with van der Waals surface area (Å²) in [4.78, 5) is 29.4. The van der Waals surface area contributed by atoms with Gasteiger partial charge in [-0.1, -0.05) is 13.8 Å². The van der Waals surface area contributed by atoms with Crippen LogP contribution in [0.5, 0.6) is 0 Å². The molecule has 2 N–H and O–H groups in total. The summed E-state index contributed by atoms with van der Waals surface area (Å²) in [5.41, 5.74) is 2.27. The maximum Gasteiger partial charge on any atom is 0.326 e. The molecule has 3 heterocycles. The lowest BCUT2D eigenvalue weighted by molar-refractivity contribution is -0.140. The Bertz CT molecular complexity index is 1080. The van der Waals surface area contributed by atoms with Gasteiger partial charge in [-0.25, -0.2) is 14.5 Å². The van der Waals surface area contributed by atoms with Crippen LogP contribution in [-0.2, 0) is 4.79 Å². The van der Waals surface area contributed by atoms with E-state index in [4.69, 9.17) is 9.40 Å². The Balaban J connectivity index is 2.18. The fourth-order valence-electron chi connectivity index (χ4n) is 3.34. The minimum Gasteiger partial charge on any atom is -0.480 e. The maximum atomic E-state index is 13.1. The summed E-state index contributed by atoms with van der Waals surface area (Å²) < 4.78 is 7.37. The third kappa shape index (κ3) is 3.87. The Morgan fingerprint density at radius 3 is 2.38 bits per heavy atom. The van der Waals surface area contributed by atoms with Crippen molar-refractivity contribution in [2.24, 2.45) is 5.92 Å². The van der Waals surface area contributed by atoms with Gasteiger partial charge in [0.05, 0.1) is 22.8 Å². The molecule has 29 heavy (non-hydrogen) atoms. The van der Waals surface area contributed by atoms with E-state index < -0.39 is 17.9 Å². The van der Waals surface area contributed by atoms with Crippen molar-refractivity contribution in [3.8, 4) is 11.3 Å². The third-order valence-corrected chi connectivity index (χ3v) is 4.84. The molecule has 3 aromatic rings. The zero-order valence-corrected chi connectivity index (χ0v) is 17.5. The van der Waals surface area contributed by atoms with Crippen LogP contribution in [0.3, 0.4) is 0 Å². The van der Waals surface area contributed by atoms with Gasteiger partial charge in [-0.3, -0.25) is 4.79 Å². The topological polar surface area (TPSA) is 110 Å². The van der Waals surface area contributed by atoms with Gasteiger partial charge in [-0.05, 0) is 45.7 Å². The highest BCUT2D eigenvalue weighted by atomic mass is 16.4. The number of aromatic nitrogens is 3. The molecule has 0 saturated carbocycles. The predicted octanol–water partition coefficient (Wildman–Crippen LogP) is 3.73. The lowest BCUT2D eigenvalue weighted by Gasteiger charge is -2.18. The molecule has 1 atom stereocenters. The van der Waals surface area contributed by atoms with Crippen LogP contribution in [0.4, 0.5) is 0 Å². The summed E-state index contributed by atoms with van der Waals surface area (Å²) in [7, 11) is 0. The smallest absolute Gasteiger partial charge is 0.326 e. The quantitative estimate of drug-likeness (QED) is 0.655. The minimum atomic E-state index is -1.07. The van der Waals surface area contributed by atoms with E-state index in [0.717, 1.165) is 11.3 Å². The number of amides is 1. The minimum absolute atomic E-state index is 0.0424. The number of furan rings is 1. The second-order valence-corrected chi connectivity index (χ2v) is 7.84. The molecule has 0 fully saturated rings. The maximum absolute atomic E-state index is 13.1. The zero-order valence-electron chi connectivity index (χ0n) is 17.5. The summed E-state index contributed by atoms with van der Waals surface area (Å²) >= 11 is 0. The number of nitrogens with one attached hydrogen (secondary N) is 1. The van der Waals surface area contributed by atoms with E-state index in [0.29, 0.717) is 28.1 Å². The van der Waals surface area contributed by atoms with Crippen molar-refractivity contribution in [2.75, 3.05) is 0 Å². The van der Waals surface area contributed by atoms with Gasteiger partial charge in [0.25, 0.3) is 5.91 Å². The van der Waals surface area contributed by atoms with E-state index in [2.05, 4.69) is 10.4 Å². The van der Waals surface area contributed by atoms with Gasteiger partial charge in [0.2, 0.25) is 0 Å². The van der Waals surface area contributed by atoms with E-state index in [9.17, 15) is 14.7 Å². The van der Waals surface area contributed by atoms with Crippen LogP contribution in [-0.4, -0.2) is 37.8 Å². The van der Waals surface area contributed by atoms with Crippen molar-refractivity contribution in [3.05, 3.63) is 35.4 Å². The standard InChI is InChI=1S/C21H26N4O4/c1-10(2)18(21(27)28)24-20(26)15-8-17(14-7-12(5)29-13(14)6)23-19-16(15)9-22-25(19)11(3)4/h7-11,18H,1-6H3,(H,24,26)(H,27,28)/t18-/m1/s1. The third-order valence-electron chi connectivity index (χ3n) is 4.84. The molecule has 3 aromatic heterocycles. The number of nitrogens with zero attached hydrogens (tertiary/aromatic N) is 3. The number of rotatable bonds is 6. The van der Waals surface area contributed by atoms with E-state index in [-0.39, 0.29) is 12.0 Å². The average molecular weight is 398 g/mol. The van der Waals surface area contributed by atoms with E-state index in [1.807, 2.05) is 33.8 Å². The van der Waals surface area contributed by atoms with Crippen molar-refractivity contribution < 1.29 is 19.1 Å². The Kier molecular flexibility index (Phi) is 5.46. The first-order chi connectivity index (χ1) is 13.6. The molecule has 8 heteroatoms. The SMILES string of the molecule is Cc1cc(-c2cc(C(=O)N[C@@H](C(=O)O)C(C)C)c3cnn(C(C)C)c3n2)c(C)o1. The van der Waals surface area contributed by atoms with Crippen LogP contribution >= 0.6 is 0 Å². The summed E-state index contributed by atoms with van der Waals surface area (Å²) in [6.45, 7) is 11.1. The molecule has 0 spiro atoms. The Morgan fingerprint density at radius 1 is 1.17 bits per heavy atom. The van der Waals surface area contributed by atoms with Crippen LogP contribution in [0.1, 0.15) is 55.6 Å². The lowest BCUT2D eigenvalue weighted by atomic mass is 10.0. The molecule has 8 nitrogen and oxygen atoms in total. The molecule has 1 amide bonds. The average Bonchev–Trinajstić information content (AvgIpc) is 3.20. The van der Waals surface area contributed by atoms with Crippen molar-refractivity contribution in [2.45, 2.75) is 53.6 Å². The largest absolute Gasteiger partial charge is 0.480 e. The molecule has 0 aliphatic rings. The second-order valence-electron chi connectivity index (χ2n) is 7.84. The molecule has 3 rings (SSSR count). The monoisotopic (exact) mass is 398 g/mol. The summed E-state index contributed by atoms with van der Waals surface area (Å²) in [5, 5.41) is 17.0. The van der Waals surface area contributed by atoms with Crippen LogP contribution in [0.25, 0.3) is 22.3 Å². The van der Waals surface area contributed by atoms with Gasteiger partial charge >= 0.3 is 5.97 Å². The van der Waals surface area contributed by atoms with Crippen molar-refractivity contribution in [1.82, 2.24) is 20.1 Å². The first kappa shape index (κ1) is 20.6. The number of carboxylic acid groups (broad SMARTS) is 1. The number of aliphatic carboxylic acids is 1. The molecule has 0 radical (unpaired) electrons. The molecular formula is C21H26N4O4. The van der Waals surface area contributed by atoms with Gasteiger partial charge in [0.1, 0.15) is 17.6 Å². The van der Waals surface area contributed by atoms with Crippen molar-refractivity contribution >= 4 is 22.9 Å².